The van der Waals surface area contributed by atoms with E-state index >= 15 is 0 Å². The van der Waals surface area contributed by atoms with Crippen molar-refractivity contribution in [3.05, 3.63) is 11.6 Å². The van der Waals surface area contributed by atoms with Gasteiger partial charge in [0.25, 0.3) is 0 Å². The van der Waals surface area contributed by atoms with Crippen molar-refractivity contribution in [3.63, 3.8) is 0 Å². The van der Waals surface area contributed by atoms with Crippen LogP contribution in [0.15, 0.2) is 11.6 Å². The van der Waals surface area contributed by atoms with Gasteiger partial charge in [-0.3, -0.25) is 14.4 Å². The fourth-order valence-corrected chi connectivity index (χ4v) is 8.35. The smallest absolute Gasteiger partial charge is 0.309 e. The number of ether oxygens (including phenoxy) is 2. The molecule has 30 heavy (non-hydrogen) atoms. The molecule has 4 fully saturated rings. The predicted octanol–water partition coefficient (Wildman–Crippen LogP) is 2.96. The van der Waals surface area contributed by atoms with E-state index in [1.54, 1.807) is 6.08 Å². The van der Waals surface area contributed by atoms with Gasteiger partial charge in [-0.1, -0.05) is 19.4 Å². The lowest BCUT2D eigenvalue weighted by Gasteiger charge is -2.62. The monoisotopic (exact) mass is 416 g/mol. The average molecular weight is 417 g/mol. The number of hydrogen-bond acceptors (Lipinski definition) is 6. The number of aliphatic hydroxyl groups excluding tert-OH is 1. The van der Waals surface area contributed by atoms with Crippen LogP contribution in [0.1, 0.15) is 65.2 Å². The molecule has 1 saturated heterocycles. The number of fused-ring (bicyclic) bond motifs is 6. The summed E-state index contributed by atoms with van der Waals surface area (Å²) in [4.78, 5) is 37.2. The largest absolute Gasteiger partial charge is 0.469 e. The second kappa shape index (κ2) is 6.41. The van der Waals surface area contributed by atoms with E-state index in [-0.39, 0.29) is 52.2 Å². The molecular formula is C24H32O6. The lowest BCUT2D eigenvalue weighted by molar-refractivity contribution is -0.197. The Morgan fingerprint density at radius 3 is 2.63 bits per heavy atom. The van der Waals surface area contributed by atoms with E-state index in [0.29, 0.717) is 38.5 Å². The molecule has 5 aliphatic rings. The molecule has 0 aromatic rings. The number of ketones is 1. The number of aliphatic hydroxyl groups is 1. The summed E-state index contributed by atoms with van der Waals surface area (Å²) in [6, 6.07) is 0. The Labute approximate surface area is 177 Å². The highest BCUT2D eigenvalue weighted by Crippen LogP contribution is 2.70. The van der Waals surface area contributed by atoms with Crippen LogP contribution < -0.4 is 0 Å². The third kappa shape index (κ3) is 2.43. The van der Waals surface area contributed by atoms with Crippen LogP contribution in [-0.2, 0) is 23.9 Å². The van der Waals surface area contributed by atoms with Crippen molar-refractivity contribution in [1.82, 2.24) is 0 Å². The van der Waals surface area contributed by atoms with Crippen LogP contribution in [0.4, 0.5) is 0 Å². The van der Waals surface area contributed by atoms with Gasteiger partial charge in [0.2, 0.25) is 0 Å². The van der Waals surface area contributed by atoms with Crippen LogP contribution >= 0.6 is 0 Å². The fourth-order valence-electron chi connectivity index (χ4n) is 8.35. The maximum Gasteiger partial charge on any atom is 0.309 e. The van der Waals surface area contributed by atoms with Crippen molar-refractivity contribution in [1.29, 1.82) is 0 Å². The zero-order valence-corrected chi connectivity index (χ0v) is 18.1. The molecule has 7 unspecified atom stereocenters. The van der Waals surface area contributed by atoms with E-state index in [9.17, 15) is 19.5 Å². The second-order valence-electron chi connectivity index (χ2n) is 10.8. The summed E-state index contributed by atoms with van der Waals surface area (Å²) in [5, 5.41) is 11.6. The van der Waals surface area contributed by atoms with Crippen LogP contribution in [0, 0.1) is 34.5 Å². The van der Waals surface area contributed by atoms with Gasteiger partial charge in [-0.25, -0.2) is 0 Å². The molecule has 3 saturated carbocycles. The molecule has 1 N–H and O–H groups in total. The number of hydrogen-bond donors (Lipinski definition) is 1. The summed E-state index contributed by atoms with van der Waals surface area (Å²) in [6.07, 6.45) is 6.21. The first kappa shape index (κ1) is 20.2. The first-order valence-corrected chi connectivity index (χ1v) is 11.4. The van der Waals surface area contributed by atoms with Gasteiger partial charge >= 0.3 is 11.9 Å². The maximum absolute atomic E-state index is 12.9. The minimum Gasteiger partial charge on any atom is -0.469 e. The molecule has 8 atom stereocenters. The summed E-state index contributed by atoms with van der Waals surface area (Å²) in [7, 11) is 1.42. The van der Waals surface area contributed by atoms with Gasteiger partial charge < -0.3 is 14.6 Å². The predicted molar refractivity (Wildman–Crippen MR) is 107 cm³/mol. The summed E-state index contributed by atoms with van der Waals surface area (Å²) in [5.74, 6) is -0.636. The zero-order valence-electron chi connectivity index (χ0n) is 18.1. The van der Waals surface area contributed by atoms with Gasteiger partial charge in [0.05, 0.1) is 19.1 Å². The zero-order chi connectivity index (χ0) is 21.5. The van der Waals surface area contributed by atoms with Crippen molar-refractivity contribution < 1.29 is 29.0 Å². The van der Waals surface area contributed by atoms with Crippen LogP contribution in [0.2, 0.25) is 0 Å². The number of methoxy groups -OCH3 is 1. The lowest BCUT2D eigenvalue weighted by Crippen LogP contribution is -2.62. The lowest BCUT2D eigenvalue weighted by atomic mass is 9.43. The third-order valence-electron chi connectivity index (χ3n) is 9.79. The number of allylic oxidation sites excluding steroid dienone is 1. The van der Waals surface area contributed by atoms with E-state index in [4.69, 9.17) is 9.47 Å². The molecule has 0 amide bonds. The van der Waals surface area contributed by atoms with Gasteiger partial charge in [0.1, 0.15) is 5.60 Å². The van der Waals surface area contributed by atoms with Crippen molar-refractivity contribution in [2.75, 3.05) is 7.11 Å². The maximum atomic E-state index is 12.9. The van der Waals surface area contributed by atoms with Crippen LogP contribution in [0.5, 0.6) is 0 Å². The highest BCUT2D eigenvalue weighted by atomic mass is 16.6. The van der Waals surface area contributed by atoms with E-state index in [1.165, 1.54) is 7.11 Å². The van der Waals surface area contributed by atoms with Crippen molar-refractivity contribution in [2.45, 2.75) is 76.9 Å². The number of rotatable bonds is 1. The Hall–Kier alpha value is -1.69. The summed E-state index contributed by atoms with van der Waals surface area (Å²) in [5.41, 5.74) is -0.168. The SMILES string of the molecule is COC(=O)C1CC2=CC(=O)CCC2(C)C2C(O)CC3(C)C(CC[C@@]34CCC(=O)O4)C12. The van der Waals surface area contributed by atoms with Gasteiger partial charge in [0, 0.05) is 18.3 Å². The Bertz CT molecular complexity index is 847. The molecule has 6 heteroatoms. The normalized spacial score (nSPS) is 49.7. The van der Waals surface area contributed by atoms with Crippen LogP contribution in [-0.4, -0.2) is 41.6 Å². The number of carbonyl (C=O) groups excluding carboxylic acids is 3. The minimum atomic E-state index is -0.611. The summed E-state index contributed by atoms with van der Waals surface area (Å²) < 4.78 is 11.2. The highest BCUT2D eigenvalue weighted by molar-refractivity contribution is 5.92. The molecule has 5 rings (SSSR count). The molecule has 0 radical (unpaired) electrons. The van der Waals surface area contributed by atoms with E-state index in [0.717, 1.165) is 18.4 Å². The van der Waals surface area contributed by atoms with Crippen molar-refractivity contribution in [2.24, 2.45) is 34.5 Å². The second-order valence-corrected chi connectivity index (χ2v) is 10.8. The molecule has 0 aromatic heterocycles. The standard InChI is InChI=1S/C24H32O6/c1-22-7-4-14(25)10-13(22)11-15(21(28)29-3)19-16-5-8-24(9-6-18(27)30-24)23(16,2)12-17(26)20(19)22/h10,15-17,19-20,26H,4-9,11-12H2,1-3H3/t15?,16?,17?,19?,20?,22?,23?,24-/m1/s1. The van der Waals surface area contributed by atoms with E-state index in [1.807, 2.05) is 0 Å². The first-order chi connectivity index (χ1) is 14.1. The Morgan fingerprint density at radius 1 is 1.20 bits per heavy atom. The quantitative estimate of drug-likeness (QED) is 0.661. The minimum absolute atomic E-state index is 0.0415. The molecular weight excluding hydrogens is 384 g/mol. The molecule has 164 valence electrons. The van der Waals surface area contributed by atoms with Crippen molar-refractivity contribution in [3.8, 4) is 0 Å². The number of carbonyl (C=O) groups is 3. The molecule has 1 aliphatic heterocycles. The van der Waals surface area contributed by atoms with Gasteiger partial charge in [-0.15, -0.1) is 0 Å². The molecule has 0 aromatic carbocycles. The molecule has 4 aliphatic carbocycles. The highest BCUT2D eigenvalue weighted by Gasteiger charge is 2.71. The fraction of sp³-hybridized carbons (Fsp3) is 0.792. The molecule has 1 spiro atoms. The van der Waals surface area contributed by atoms with Crippen LogP contribution in [0.25, 0.3) is 0 Å². The van der Waals surface area contributed by atoms with E-state index in [2.05, 4.69) is 13.8 Å². The van der Waals surface area contributed by atoms with Crippen molar-refractivity contribution >= 4 is 17.7 Å². The Kier molecular flexibility index (Phi) is 4.32. The third-order valence-corrected chi connectivity index (χ3v) is 9.79. The van der Waals surface area contributed by atoms with Crippen LogP contribution in [0.3, 0.4) is 0 Å². The molecule has 1 heterocycles. The van der Waals surface area contributed by atoms with E-state index < -0.39 is 11.7 Å². The van der Waals surface area contributed by atoms with Gasteiger partial charge in [0.15, 0.2) is 5.78 Å². The van der Waals surface area contributed by atoms with Gasteiger partial charge in [-0.05, 0) is 67.8 Å². The first-order valence-electron chi connectivity index (χ1n) is 11.4. The topological polar surface area (TPSA) is 89.9 Å². The Balaban J connectivity index is 1.62. The summed E-state index contributed by atoms with van der Waals surface area (Å²) in [6.45, 7) is 4.33. The number of esters is 2. The summed E-state index contributed by atoms with van der Waals surface area (Å²) >= 11 is 0. The molecule has 6 nitrogen and oxygen atoms in total. The average Bonchev–Trinajstić information content (AvgIpc) is 3.21. The van der Waals surface area contributed by atoms with Gasteiger partial charge in [-0.2, -0.15) is 0 Å². The molecule has 0 bridgehead atoms. The Morgan fingerprint density at radius 2 is 1.97 bits per heavy atom.